The number of hydrogen-bond donors (Lipinski definition) is 3. The number of primary sulfonamides is 1. The largest absolute Gasteiger partial charge is 0.350 e. The second kappa shape index (κ2) is 6.57. The molecule has 4 N–H and O–H groups in total. The molecule has 1 fully saturated rings. The van der Waals surface area contributed by atoms with Crippen molar-refractivity contribution in [1.29, 1.82) is 0 Å². The number of aromatic nitrogens is 2. The monoisotopic (exact) mass is 314 g/mol. The molecule has 0 saturated heterocycles. The van der Waals surface area contributed by atoms with Crippen LogP contribution in [0, 0.1) is 5.92 Å². The highest BCUT2D eigenvalue weighted by Crippen LogP contribution is 2.23. The normalized spacial score (nSPS) is 16.9. The molecule has 1 aromatic heterocycles. The van der Waals surface area contributed by atoms with Gasteiger partial charge < -0.3 is 5.32 Å². The maximum Gasteiger partial charge on any atom is 0.273 e. The molecule has 1 aliphatic carbocycles. The van der Waals surface area contributed by atoms with Crippen LogP contribution >= 0.6 is 0 Å². The number of amides is 1. The molecule has 7 nitrogen and oxygen atoms in total. The summed E-state index contributed by atoms with van der Waals surface area (Å²) in [6, 6.07) is 0. The Morgan fingerprint density at radius 2 is 2.05 bits per heavy atom. The molecular weight excluding hydrogens is 292 g/mol. The van der Waals surface area contributed by atoms with E-state index in [1.54, 1.807) is 6.92 Å². The van der Waals surface area contributed by atoms with Gasteiger partial charge in [-0.1, -0.05) is 26.2 Å². The van der Waals surface area contributed by atoms with Crippen LogP contribution in [0.1, 0.15) is 55.2 Å². The first-order valence-corrected chi connectivity index (χ1v) is 8.86. The fraction of sp³-hybridized carbons (Fsp3) is 0.692. The van der Waals surface area contributed by atoms with Crippen LogP contribution in [0.3, 0.4) is 0 Å². The molecule has 1 aliphatic rings. The molecule has 0 atom stereocenters. The molecule has 118 valence electrons. The number of hydrogen-bond acceptors (Lipinski definition) is 4. The van der Waals surface area contributed by atoms with Gasteiger partial charge in [-0.3, -0.25) is 9.89 Å². The summed E-state index contributed by atoms with van der Waals surface area (Å²) in [5.74, 6) is -0.0224. The summed E-state index contributed by atoms with van der Waals surface area (Å²) in [6.07, 6.45) is 6.23. The van der Waals surface area contributed by atoms with Crippen LogP contribution in [0.15, 0.2) is 4.90 Å². The zero-order valence-electron chi connectivity index (χ0n) is 12.2. The van der Waals surface area contributed by atoms with E-state index in [9.17, 15) is 13.2 Å². The number of sulfonamides is 1. The number of nitrogens with one attached hydrogen (secondary N) is 2. The number of aromatic amines is 1. The van der Waals surface area contributed by atoms with Crippen molar-refractivity contribution in [2.75, 3.05) is 6.54 Å². The third-order valence-corrected chi connectivity index (χ3v) is 4.93. The summed E-state index contributed by atoms with van der Waals surface area (Å²) >= 11 is 0. The van der Waals surface area contributed by atoms with Crippen molar-refractivity contribution >= 4 is 15.9 Å². The Morgan fingerprint density at radius 3 is 2.62 bits per heavy atom. The van der Waals surface area contributed by atoms with E-state index in [0.29, 0.717) is 24.6 Å². The average Bonchev–Trinajstić information content (AvgIpc) is 2.90. The zero-order chi connectivity index (χ0) is 15.5. The van der Waals surface area contributed by atoms with Crippen LogP contribution < -0.4 is 10.5 Å². The molecule has 1 amide bonds. The standard InChI is InChI=1S/C13H22N4O3S/c1-2-10-12(21(14,19)20)11(17-16-10)13(18)15-8-9-6-4-3-5-7-9/h9H,2-8H2,1H3,(H,15,18)(H,16,17)(H2,14,19,20). The van der Waals surface area contributed by atoms with Gasteiger partial charge in [0.05, 0.1) is 5.69 Å². The van der Waals surface area contributed by atoms with Crippen molar-refractivity contribution in [1.82, 2.24) is 15.5 Å². The molecule has 0 bridgehead atoms. The molecule has 0 aromatic carbocycles. The Kier molecular flexibility index (Phi) is 5.00. The van der Waals surface area contributed by atoms with Gasteiger partial charge in [-0.25, -0.2) is 13.6 Å². The first kappa shape index (κ1) is 16.0. The number of aryl methyl sites for hydroxylation is 1. The lowest BCUT2D eigenvalue weighted by Gasteiger charge is -2.21. The van der Waals surface area contributed by atoms with E-state index in [2.05, 4.69) is 15.5 Å². The number of carbonyl (C=O) groups excluding carboxylic acids is 1. The number of carbonyl (C=O) groups is 1. The third kappa shape index (κ3) is 3.82. The molecule has 2 rings (SSSR count). The predicted octanol–water partition coefficient (Wildman–Crippen LogP) is 0.930. The summed E-state index contributed by atoms with van der Waals surface area (Å²) in [6.45, 7) is 2.32. The summed E-state index contributed by atoms with van der Waals surface area (Å²) in [7, 11) is -3.98. The van der Waals surface area contributed by atoms with Crippen molar-refractivity contribution in [3.8, 4) is 0 Å². The van der Waals surface area contributed by atoms with E-state index in [4.69, 9.17) is 5.14 Å². The van der Waals surface area contributed by atoms with Crippen LogP contribution in [0.5, 0.6) is 0 Å². The molecule has 8 heteroatoms. The van der Waals surface area contributed by atoms with Crippen molar-refractivity contribution in [3.05, 3.63) is 11.4 Å². The van der Waals surface area contributed by atoms with Gasteiger partial charge in [0.25, 0.3) is 5.91 Å². The second-order valence-electron chi connectivity index (χ2n) is 5.49. The number of H-pyrrole nitrogens is 1. The third-order valence-electron chi connectivity index (χ3n) is 3.92. The Balaban J connectivity index is 2.10. The summed E-state index contributed by atoms with van der Waals surface area (Å²) in [5.41, 5.74) is 0.227. The van der Waals surface area contributed by atoms with E-state index < -0.39 is 15.9 Å². The van der Waals surface area contributed by atoms with E-state index in [0.717, 1.165) is 12.8 Å². The first-order chi connectivity index (χ1) is 9.93. The highest BCUT2D eigenvalue weighted by atomic mass is 32.2. The fourth-order valence-corrected chi connectivity index (χ4v) is 3.72. The molecule has 0 unspecified atom stereocenters. The van der Waals surface area contributed by atoms with Gasteiger partial charge in [-0.15, -0.1) is 0 Å². The SMILES string of the molecule is CCc1[nH]nc(C(=O)NCC2CCCCC2)c1S(N)(=O)=O. The maximum absolute atomic E-state index is 12.2. The Morgan fingerprint density at radius 1 is 1.38 bits per heavy atom. The van der Waals surface area contributed by atoms with E-state index in [1.807, 2.05) is 0 Å². The van der Waals surface area contributed by atoms with Crippen LogP contribution in [0.2, 0.25) is 0 Å². The quantitative estimate of drug-likeness (QED) is 0.749. The van der Waals surface area contributed by atoms with Gasteiger partial charge >= 0.3 is 0 Å². The van der Waals surface area contributed by atoms with Gasteiger partial charge in [0.2, 0.25) is 10.0 Å². The molecule has 1 aromatic rings. The Hall–Kier alpha value is -1.41. The molecule has 1 heterocycles. The minimum atomic E-state index is -3.98. The van der Waals surface area contributed by atoms with E-state index >= 15 is 0 Å². The van der Waals surface area contributed by atoms with Gasteiger partial charge in [0.15, 0.2) is 5.69 Å². The molecular formula is C13H22N4O3S. The van der Waals surface area contributed by atoms with Crippen molar-refractivity contribution in [3.63, 3.8) is 0 Å². The Labute approximate surface area is 124 Å². The lowest BCUT2D eigenvalue weighted by molar-refractivity contribution is 0.0935. The highest BCUT2D eigenvalue weighted by molar-refractivity contribution is 7.89. The minimum absolute atomic E-state index is 0.134. The number of nitrogens with two attached hydrogens (primary N) is 1. The topological polar surface area (TPSA) is 118 Å². The van der Waals surface area contributed by atoms with Gasteiger partial charge in [-0.2, -0.15) is 5.10 Å². The lowest BCUT2D eigenvalue weighted by Crippen LogP contribution is -2.32. The van der Waals surface area contributed by atoms with Crippen molar-refractivity contribution in [2.45, 2.75) is 50.3 Å². The molecule has 0 radical (unpaired) electrons. The Bertz CT molecular complexity index is 603. The fourth-order valence-electron chi connectivity index (χ4n) is 2.78. The minimum Gasteiger partial charge on any atom is -0.350 e. The summed E-state index contributed by atoms with van der Waals surface area (Å²) in [4.78, 5) is 12.0. The van der Waals surface area contributed by atoms with Gasteiger partial charge in [0.1, 0.15) is 4.90 Å². The number of rotatable bonds is 5. The summed E-state index contributed by atoms with van der Waals surface area (Å²) in [5, 5.41) is 14.4. The smallest absolute Gasteiger partial charge is 0.273 e. The van der Waals surface area contributed by atoms with Crippen LogP contribution in [0.4, 0.5) is 0 Å². The number of nitrogens with zero attached hydrogens (tertiary/aromatic N) is 1. The predicted molar refractivity (Wildman–Crippen MR) is 78.2 cm³/mol. The lowest BCUT2D eigenvalue weighted by atomic mass is 9.89. The molecule has 1 saturated carbocycles. The molecule has 0 aliphatic heterocycles. The first-order valence-electron chi connectivity index (χ1n) is 7.31. The van der Waals surface area contributed by atoms with Gasteiger partial charge in [-0.05, 0) is 25.2 Å². The van der Waals surface area contributed by atoms with E-state index in [1.165, 1.54) is 19.3 Å². The second-order valence-corrected chi connectivity index (χ2v) is 6.99. The summed E-state index contributed by atoms with van der Waals surface area (Å²) < 4.78 is 23.3. The van der Waals surface area contributed by atoms with Gasteiger partial charge in [0, 0.05) is 6.54 Å². The zero-order valence-corrected chi connectivity index (χ0v) is 13.0. The van der Waals surface area contributed by atoms with Crippen LogP contribution in [0.25, 0.3) is 0 Å². The van der Waals surface area contributed by atoms with Crippen LogP contribution in [-0.4, -0.2) is 31.1 Å². The maximum atomic E-state index is 12.2. The average molecular weight is 314 g/mol. The highest BCUT2D eigenvalue weighted by Gasteiger charge is 2.27. The van der Waals surface area contributed by atoms with Crippen LogP contribution in [-0.2, 0) is 16.4 Å². The van der Waals surface area contributed by atoms with E-state index in [-0.39, 0.29) is 10.6 Å². The van der Waals surface area contributed by atoms with Crippen molar-refractivity contribution < 1.29 is 13.2 Å². The molecule has 21 heavy (non-hydrogen) atoms. The molecule has 0 spiro atoms. The van der Waals surface area contributed by atoms with Crippen molar-refractivity contribution in [2.24, 2.45) is 11.1 Å².